The zero-order valence-electron chi connectivity index (χ0n) is 9.24. The predicted molar refractivity (Wildman–Crippen MR) is 71.4 cm³/mol. The number of nitrogens with zero attached hydrogens (tertiary/aromatic N) is 1. The Morgan fingerprint density at radius 3 is 2.56 bits per heavy atom. The van der Waals surface area contributed by atoms with Crippen molar-refractivity contribution in [3.8, 4) is 6.07 Å². The minimum Gasteiger partial charge on any atom is -0.197 e. The number of halogens is 1. The summed E-state index contributed by atoms with van der Waals surface area (Å²) in [6.07, 6.45) is 3.28. The van der Waals surface area contributed by atoms with Crippen molar-refractivity contribution in [3.05, 3.63) is 28.7 Å². The van der Waals surface area contributed by atoms with E-state index in [0.717, 1.165) is 23.2 Å². The Bertz CT molecular complexity index is 401. The first kappa shape index (κ1) is 12.0. The highest BCUT2D eigenvalue weighted by Gasteiger charge is 2.44. The molecule has 2 rings (SSSR count). The minimum atomic E-state index is -0.158. The topological polar surface area (TPSA) is 23.8 Å². The minimum absolute atomic E-state index is 0.158. The van der Waals surface area contributed by atoms with E-state index in [1.807, 2.05) is 12.1 Å². The number of hydrogen-bond acceptors (Lipinski definition) is 2. The van der Waals surface area contributed by atoms with Gasteiger partial charge in [-0.25, -0.2) is 0 Å². The van der Waals surface area contributed by atoms with Crippen LogP contribution in [-0.2, 0) is 0 Å². The van der Waals surface area contributed by atoms with Gasteiger partial charge in [0.05, 0.1) is 6.07 Å². The number of hydrogen-bond donors (Lipinski definition) is 0. The average Bonchev–Trinajstić information content (AvgIpc) is 2.26. The molecule has 3 heteroatoms. The van der Waals surface area contributed by atoms with Gasteiger partial charge in [0.15, 0.2) is 0 Å². The maximum atomic E-state index is 9.29. The van der Waals surface area contributed by atoms with Crippen molar-refractivity contribution in [2.45, 2.75) is 35.8 Å². The second-order valence-electron chi connectivity index (χ2n) is 4.34. The molecule has 0 N–H and O–H groups in total. The number of rotatable bonds is 3. The van der Waals surface area contributed by atoms with E-state index < -0.39 is 0 Å². The molecule has 0 aromatic heterocycles. The standard InChI is InChI=1S/C13H14BrNS/c1-2-10-7-13(8-10,9-15)16-12-5-3-11(14)4-6-12/h3-6,10H,2,7-8H2,1H3. The normalized spacial score (nSPS) is 28.2. The monoisotopic (exact) mass is 295 g/mol. The number of nitriles is 1. The molecule has 1 saturated carbocycles. The summed E-state index contributed by atoms with van der Waals surface area (Å²) < 4.78 is 0.928. The fraction of sp³-hybridized carbons (Fsp3) is 0.462. The largest absolute Gasteiger partial charge is 0.197 e. The van der Waals surface area contributed by atoms with Gasteiger partial charge in [-0.15, -0.1) is 11.8 Å². The summed E-state index contributed by atoms with van der Waals surface area (Å²) in [6, 6.07) is 10.7. The maximum Gasteiger partial charge on any atom is 0.108 e. The molecule has 1 aliphatic rings. The van der Waals surface area contributed by atoms with Crippen LogP contribution in [0.15, 0.2) is 33.6 Å². The van der Waals surface area contributed by atoms with E-state index in [1.54, 1.807) is 11.8 Å². The van der Waals surface area contributed by atoms with Crippen LogP contribution in [0.2, 0.25) is 0 Å². The van der Waals surface area contributed by atoms with Crippen molar-refractivity contribution in [1.82, 2.24) is 0 Å². The second-order valence-corrected chi connectivity index (χ2v) is 6.72. The summed E-state index contributed by atoms with van der Waals surface area (Å²) in [7, 11) is 0. The molecule has 16 heavy (non-hydrogen) atoms. The molecule has 0 radical (unpaired) electrons. The van der Waals surface area contributed by atoms with Gasteiger partial charge in [0, 0.05) is 9.37 Å². The molecule has 0 spiro atoms. The van der Waals surface area contributed by atoms with Crippen LogP contribution in [-0.4, -0.2) is 4.75 Å². The highest BCUT2D eigenvalue weighted by molar-refractivity contribution is 9.10. The summed E-state index contributed by atoms with van der Waals surface area (Å²) in [5, 5.41) is 9.29. The molecule has 84 valence electrons. The first-order valence-electron chi connectivity index (χ1n) is 5.53. The lowest BCUT2D eigenvalue weighted by molar-refractivity contribution is 0.269. The van der Waals surface area contributed by atoms with E-state index >= 15 is 0 Å². The van der Waals surface area contributed by atoms with Gasteiger partial charge in [-0.1, -0.05) is 29.3 Å². The zero-order chi connectivity index (χ0) is 11.6. The Hall–Kier alpha value is -0.460. The Kier molecular flexibility index (Phi) is 3.61. The van der Waals surface area contributed by atoms with E-state index in [-0.39, 0.29) is 4.75 Å². The summed E-state index contributed by atoms with van der Waals surface area (Å²) >= 11 is 5.14. The Morgan fingerprint density at radius 2 is 2.06 bits per heavy atom. The van der Waals surface area contributed by atoms with Crippen molar-refractivity contribution >= 4 is 27.7 Å². The van der Waals surface area contributed by atoms with E-state index in [4.69, 9.17) is 0 Å². The van der Waals surface area contributed by atoms with Gasteiger partial charge in [-0.2, -0.15) is 5.26 Å². The lowest BCUT2D eigenvalue weighted by atomic mass is 9.73. The molecule has 0 atom stereocenters. The van der Waals surface area contributed by atoms with E-state index in [0.29, 0.717) is 0 Å². The lowest BCUT2D eigenvalue weighted by Crippen LogP contribution is -2.39. The zero-order valence-corrected chi connectivity index (χ0v) is 11.6. The molecule has 1 aliphatic carbocycles. The predicted octanol–water partition coefficient (Wildman–Crippen LogP) is 4.62. The fourth-order valence-corrected chi connectivity index (χ4v) is 3.76. The molecule has 1 fully saturated rings. The van der Waals surface area contributed by atoms with E-state index in [9.17, 15) is 5.26 Å². The molecule has 0 aliphatic heterocycles. The molecule has 0 unspecified atom stereocenters. The van der Waals surface area contributed by atoms with Crippen molar-refractivity contribution < 1.29 is 0 Å². The first-order valence-corrected chi connectivity index (χ1v) is 7.14. The first-order chi connectivity index (χ1) is 7.67. The average molecular weight is 296 g/mol. The fourth-order valence-electron chi connectivity index (χ4n) is 2.09. The summed E-state index contributed by atoms with van der Waals surface area (Å²) in [6.45, 7) is 2.20. The quantitative estimate of drug-likeness (QED) is 0.812. The Labute approximate surface area is 109 Å². The molecular weight excluding hydrogens is 282 g/mol. The van der Waals surface area contributed by atoms with Crippen molar-refractivity contribution in [3.63, 3.8) is 0 Å². The van der Waals surface area contributed by atoms with E-state index in [2.05, 4.69) is 41.1 Å². The van der Waals surface area contributed by atoms with Gasteiger partial charge < -0.3 is 0 Å². The molecule has 1 nitrogen and oxygen atoms in total. The third kappa shape index (κ3) is 2.44. The second kappa shape index (κ2) is 4.81. The highest BCUT2D eigenvalue weighted by atomic mass is 79.9. The van der Waals surface area contributed by atoms with Crippen LogP contribution in [0.25, 0.3) is 0 Å². The van der Waals surface area contributed by atoms with Gasteiger partial charge >= 0.3 is 0 Å². The van der Waals surface area contributed by atoms with Crippen LogP contribution in [0.5, 0.6) is 0 Å². The van der Waals surface area contributed by atoms with Crippen LogP contribution < -0.4 is 0 Å². The Morgan fingerprint density at radius 1 is 1.44 bits per heavy atom. The number of thioether (sulfide) groups is 1. The van der Waals surface area contributed by atoms with E-state index in [1.165, 1.54) is 11.3 Å². The van der Waals surface area contributed by atoms with Gasteiger partial charge in [-0.05, 0) is 43.0 Å². The molecular formula is C13H14BrNS. The maximum absolute atomic E-state index is 9.29. The van der Waals surface area contributed by atoms with Crippen LogP contribution in [0, 0.1) is 17.2 Å². The smallest absolute Gasteiger partial charge is 0.108 e. The summed E-state index contributed by atoms with van der Waals surface area (Å²) in [5.74, 6) is 0.752. The molecule has 0 amide bonds. The van der Waals surface area contributed by atoms with Crippen molar-refractivity contribution in [2.75, 3.05) is 0 Å². The third-order valence-electron chi connectivity index (χ3n) is 3.14. The van der Waals surface area contributed by atoms with Gasteiger partial charge in [0.25, 0.3) is 0 Å². The Balaban J connectivity index is 2.04. The van der Waals surface area contributed by atoms with Gasteiger partial charge in [-0.3, -0.25) is 0 Å². The molecule has 1 aromatic rings. The van der Waals surface area contributed by atoms with Crippen molar-refractivity contribution in [2.24, 2.45) is 5.92 Å². The van der Waals surface area contributed by atoms with Crippen LogP contribution >= 0.6 is 27.7 Å². The molecule has 0 bridgehead atoms. The van der Waals surface area contributed by atoms with Crippen LogP contribution in [0.3, 0.4) is 0 Å². The van der Waals surface area contributed by atoms with Gasteiger partial charge in [0.2, 0.25) is 0 Å². The molecule has 0 saturated heterocycles. The highest BCUT2D eigenvalue weighted by Crippen LogP contribution is 2.51. The molecule has 0 heterocycles. The van der Waals surface area contributed by atoms with Crippen molar-refractivity contribution in [1.29, 1.82) is 5.26 Å². The number of benzene rings is 1. The third-order valence-corrected chi connectivity index (χ3v) is 5.00. The lowest BCUT2D eigenvalue weighted by Gasteiger charge is -2.41. The SMILES string of the molecule is CCC1CC(C#N)(Sc2ccc(Br)cc2)C1. The molecule has 1 aromatic carbocycles. The summed E-state index contributed by atoms with van der Waals surface area (Å²) in [4.78, 5) is 1.19. The summed E-state index contributed by atoms with van der Waals surface area (Å²) in [5.41, 5.74) is 0. The van der Waals surface area contributed by atoms with Gasteiger partial charge in [0.1, 0.15) is 4.75 Å². The van der Waals surface area contributed by atoms with Crippen LogP contribution in [0.4, 0.5) is 0 Å². The van der Waals surface area contributed by atoms with Crippen LogP contribution in [0.1, 0.15) is 26.2 Å².